The monoisotopic (exact) mass is 348 g/mol. The molecular weight excluding hydrogens is 321 g/mol. The van der Waals surface area contributed by atoms with Crippen molar-refractivity contribution < 1.29 is 8.96 Å². The Morgan fingerprint density at radius 3 is 2.42 bits per heavy atom. The SMILES string of the molecule is CCC1(C)c2cc(F)c(C)cc2-c2c3ccccc3cc[n+]2C1(C)CC. The summed E-state index contributed by atoms with van der Waals surface area (Å²) >= 11 is 0. The summed E-state index contributed by atoms with van der Waals surface area (Å²) < 4.78 is 17.1. The van der Waals surface area contributed by atoms with E-state index in [9.17, 15) is 4.39 Å². The van der Waals surface area contributed by atoms with Gasteiger partial charge in [0, 0.05) is 19.4 Å². The molecular formula is C24H27FN+. The normalized spacial score (nSPS) is 24.4. The predicted octanol–water partition coefficient (Wildman–Crippen LogP) is 6.05. The number of aromatic nitrogens is 1. The van der Waals surface area contributed by atoms with Gasteiger partial charge < -0.3 is 0 Å². The number of benzene rings is 2. The fourth-order valence-electron chi connectivity index (χ4n) is 4.92. The van der Waals surface area contributed by atoms with Crippen LogP contribution in [0.5, 0.6) is 0 Å². The van der Waals surface area contributed by atoms with E-state index in [-0.39, 0.29) is 16.8 Å². The van der Waals surface area contributed by atoms with Crippen molar-refractivity contribution in [1.29, 1.82) is 0 Å². The highest BCUT2D eigenvalue weighted by Crippen LogP contribution is 2.51. The number of halogens is 1. The topological polar surface area (TPSA) is 3.88 Å². The van der Waals surface area contributed by atoms with Crippen molar-refractivity contribution in [3.8, 4) is 11.3 Å². The third kappa shape index (κ3) is 1.99. The van der Waals surface area contributed by atoms with Crippen LogP contribution in [0.2, 0.25) is 0 Å². The smallest absolute Gasteiger partial charge is 0.207 e. The highest BCUT2D eigenvalue weighted by atomic mass is 19.1. The highest BCUT2D eigenvalue weighted by molar-refractivity contribution is 5.94. The minimum Gasteiger partial charge on any atom is -0.207 e. The number of nitrogens with zero attached hydrogens (tertiary/aromatic N) is 1. The molecule has 2 heterocycles. The van der Waals surface area contributed by atoms with E-state index in [0.717, 1.165) is 18.4 Å². The summed E-state index contributed by atoms with van der Waals surface area (Å²) in [6.45, 7) is 11.0. The van der Waals surface area contributed by atoms with E-state index in [1.54, 1.807) is 6.07 Å². The van der Waals surface area contributed by atoms with Crippen LogP contribution in [-0.2, 0) is 11.0 Å². The van der Waals surface area contributed by atoms with Gasteiger partial charge in [0.15, 0.2) is 11.7 Å². The van der Waals surface area contributed by atoms with Crippen molar-refractivity contribution in [2.45, 2.75) is 58.4 Å². The number of pyridine rings is 1. The molecule has 2 unspecified atom stereocenters. The minimum atomic E-state index is -0.133. The average molecular weight is 348 g/mol. The van der Waals surface area contributed by atoms with Crippen molar-refractivity contribution in [2.24, 2.45) is 0 Å². The lowest BCUT2D eigenvalue weighted by Crippen LogP contribution is -2.67. The summed E-state index contributed by atoms with van der Waals surface area (Å²) in [7, 11) is 0. The van der Waals surface area contributed by atoms with Gasteiger partial charge in [-0.2, -0.15) is 4.57 Å². The standard InChI is InChI=1S/C24H27FN/c1-6-23(4)20-15-21(25)16(3)14-19(20)22-18-11-9-8-10-17(18)12-13-26(22)24(23,5)7-2/h8-15H,6-7H2,1-5H3/q+1. The molecule has 0 N–H and O–H groups in total. The van der Waals surface area contributed by atoms with Gasteiger partial charge in [0.2, 0.25) is 5.69 Å². The van der Waals surface area contributed by atoms with Crippen LogP contribution in [0, 0.1) is 12.7 Å². The Morgan fingerprint density at radius 2 is 1.73 bits per heavy atom. The number of fused-ring (bicyclic) bond motifs is 5. The Kier molecular flexibility index (Phi) is 3.73. The number of hydrogen-bond donors (Lipinski definition) is 0. The van der Waals surface area contributed by atoms with Crippen LogP contribution >= 0.6 is 0 Å². The molecule has 0 radical (unpaired) electrons. The molecule has 0 fully saturated rings. The predicted molar refractivity (Wildman–Crippen MR) is 106 cm³/mol. The Hall–Kier alpha value is -2.22. The molecule has 2 aromatic carbocycles. The van der Waals surface area contributed by atoms with Gasteiger partial charge in [-0.05, 0) is 55.0 Å². The Balaban J connectivity index is 2.23. The maximum atomic E-state index is 14.6. The van der Waals surface area contributed by atoms with Gasteiger partial charge in [0.1, 0.15) is 5.82 Å². The van der Waals surface area contributed by atoms with E-state index >= 15 is 0 Å². The quantitative estimate of drug-likeness (QED) is 0.496. The van der Waals surface area contributed by atoms with E-state index in [2.05, 4.69) is 68.8 Å². The van der Waals surface area contributed by atoms with E-state index in [4.69, 9.17) is 0 Å². The van der Waals surface area contributed by atoms with E-state index in [1.807, 2.05) is 13.0 Å². The molecule has 0 amide bonds. The minimum absolute atomic E-state index is 0.101. The Labute approximate surface area is 155 Å². The lowest BCUT2D eigenvalue weighted by atomic mass is 9.60. The fraction of sp³-hybridized carbons (Fsp3) is 0.375. The van der Waals surface area contributed by atoms with Gasteiger partial charge in [-0.15, -0.1) is 0 Å². The van der Waals surface area contributed by atoms with Crippen LogP contribution in [0.1, 0.15) is 51.7 Å². The molecule has 0 spiro atoms. The molecule has 1 aromatic heterocycles. The number of aryl methyl sites for hydroxylation is 1. The fourth-order valence-corrected chi connectivity index (χ4v) is 4.92. The van der Waals surface area contributed by atoms with Crippen molar-refractivity contribution in [2.75, 3.05) is 0 Å². The molecule has 2 heteroatoms. The van der Waals surface area contributed by atoms with Crippen LogP contribution in [0.25, 0.3) is 22.0 Å². The first-order chi connectivity index (χ1) is 12.4. The zero-order chi connectivity index (χ0) is 18.7. The summed E-state index contributed by atoms with van der Waals surface area (Å²) in [6, 6.07) is 14.6. The molecule has 134 valence electrons. The summed E-state index contributed by atoms with van der Waals surface area (Å²) in [4.78, 5) is 0. The molecule has 3 aromatic rings. The van der Waals surface area contributed by atoms with Crippen molar-refractivity contribution in [3.63, 3.8) is 0 Å². The summed E-state index contributed by atoms with van der Waals surface area (Å²) in [5.41, 5.74) is 4.00. The van der Waals surface area contributed by atoms with Gasteiger partial charge >= 0.3 is 0 Å². The Bertz CT molecular complexity index is 1020. The third-order valence-electron chi connectivity index (χ3n) is 7.12. The lowest BCUT2D eigenvalue weighted by molar-refractivity contribution is -0.764. The highest BCUT2D eigenvalue weighted by Gasteiger charge is 2.56. The maximum absolute atomic E-state index is 14.6. The zero-order valence-electron chi connectivity index (χ0n) is 16.4. The molecule has 0 aliphatic carbocycles. The maximum Gasteiger partial charge on any atom is 0.221 e. The Morgan fingerprint density at radius 1 is 1.00 bits per heavy atom. The van der Waals surface area contributed by atoms with Crippen molar-refractivity contribution >= 4 is 10.8 Å². The summed E-state index contributed by atoms with van der Waals surface area (Å²) in [5.74, 6) is -0.101. The molecule has 26 heavy (non-hydrogen) atoms. The first-order valence-electron chi connectivity index (χ1n) is 9.62. The average Bonchev–Trinajstić information content (AvgIpc) is 2.66. The molecule has 2 atom stereocenters. The number of rotatable bonds is 2. The molecule has 1 aliphatic heterocycles. The molecule has 0 saturated heterocycles. The first kappa shape index (κ1) is 17.2. The molecule has 0 bridgehead atoms. The first-order valence-corrected chi connectivity index (χ1v) is 9.62. The van der Waals surface area contributed by atoms with Crippen LogP contribution in [0.15, 0.2) is 48.7 Å². The summed E-state index contributed by atoms with van der Waals surface area (Å²) in [5, 5.41) is 2.46. The second-order valence-electron chi connectivity index (χ2n) is 8.08. The summed E-state index contributed by atoms with van der Waals surface area (Å²) in [6.07, 6.45) is 4.19. The van der Waals surface area contributed by atoms with Gasteiger partial charge in [-0.25, -0.2) is 4.39 Å². The van der Waals surface area contributed by atoms with Crippen LogP contribution < -0.4 is 4.57 Å². The van der Waals surface area contributed by atoms with E-state index in [1.165, 1.54) is 22.0 Å². The molecule has 1 nitrogen and oxygen atoms in total. The molecule has 0 saturated carbocycles. The largest absolute Gasteiger partial charge is 0.221 e. The van der Waals surface area contributed by atoms with Crippen LogP contribution in [-0.4, -0.2) is 0 Å². The van der Waals surface area contributed by atoms with Gasteiger partial charge in [0.25, 0.3) is 0 Å². The van der Waals surface area contributed by atoms with E-state index in [0.29, 0.717) is 5.56 Å². The second kappa shape index (κ2) is 5.64. The molecule has 1 aliphatic rings. The van der Waals surface area contributed by atoms with Crippen molar-refractivity contribution in [3.05, 3.63) is 65.6 Å². The van der Waals surface area contributed by atoms with Gasteiger partial charge in [0.05, 0.1) is 16.4 Å². The van der Waals surface area contributed by atoms with Crippen molar-refractivity contribution in [1.82, 2.24) is 0 Å². The van der Waals surface area contributed by atoms with Crippen LogP contribution in [0.4, 0.5) is 4.39 Å². The third-order valence-corrected chi connectivity index (χ3v) is 7.12. The van der Waals surface area contributed by atoms with Gasteiger partial charge in [-0.1, -0.05) is 32.0 Å². The number of hydrogen-bond acceptors (Lipinski definition) is 0. The zero-order valence-corrected chi connectivity index (χ0v) is 16.4. The van der Waals surface area contributed by atoms with Gasteiger partial charge in [-0.3, -0.25) is 0 Å². The second-order valence-corrected chi connectivity index (χ2v) is 8.08. The van der Waals surface area contributed by atoms with E-state index < -0.39 is 0 Å². The molecule has 4 rings (SSSR count). The van der Waals surface area contributed by atoms with Crippen LogP contribution in [0.3, 0.4) is 0 Å². The lowest BCUT2D eigenvalue weighted by Gasteiger charge is -2.46.